The van der Waals surface area contributed by atoms with Crippen LogP contribution in [0.5, 0.6) is 11.6 Å². The Labute approximate surface area is 144 Å². The van der Waals surface area contributed by atoms with Crippen LogP contribution in [0.15, 0.2) is 24.5 Å². The van der Waals surface area contributed by atoms with Crippen LogP contribution in [0.3, 0.4) is 0 Å². The first-order valence-corrected chi connectivity index (χ1v) is 7.57. The number of carbonyl (C=O) groups is 1. The number of rotatable bonds is 6. The van der Waals surface area contributed by atoms with Crippen LogP contribution in [-0.2, 0) is 0 Å². The maximum absolute atomic E-state index is 12.1. The number of benzene rings is 1. The lowest BCUT2D eigenvalue weighted by Crippen LogP contribution is -2.21. The Morgan fingerprint density at radius 1 is 1.33 bits per heavy atom. The number of ether oxygens (including phenoxy) is 2. The maximum atomic E-state index is 12.1. The molecular formula is C15H18ClN5O3. The van der Waals surface area contributed by atoms with Crippen LogP contribution < -0.4 is 25.8 Å². The molecule has 0 bridgehead atoms. The Balaban J connectivity index is 2.11. The zero-order valence-corrected chi connectivity index (χ0v) is 14.1. The fourth-order valence-corrected chi connectivity index (χ4v) is 2.01. The molecule has 0 saturated carbocycles. The molecule has 9 heteroatoms. The molecule has 2 rings (SSSR count). The number of nitrogens with zero attached hydrogens (tertiary/aromatic N) is 2. The van der Waals surface area contributed by atoms with Gasteiger partial charge >= 0.3 is 6.03 Å². The molecule has 1 aromatic heterocycles. The van der Waals surface area contributed by atoms with Crippen molar-refractivity contribution in [3.8, 4) is 11.6 Å². The third kappa shape index (κ3) is 4.63. The van der Waals surface area contributed by atoms with Gasteiger partial charge in [0.1, 0.15) is 5.75 Å². The van der Waals surface area contributed by atoms with Gasteiger partial charge in [-0.05, 0) is 12.5 Å². The fourth-order valence-electron chi connectivity index (χ4n) is 1.80. The molecule has 8 nitrogen and oxygen atoms in total. The molecule has 128 valence electrons. The van der Waals surface area contributed by atoms with Gasteiger partial charge in [0.2, 0.25) is 5.88 Å². The number of halogens is 1. The molecule has 0 radical (unpaired) electrons. The van der Waals surface area contributed by atoms with Gasteiger partial charge in [0.05, 0.1) is 37.5 Å². The Morgan fingerprint density at radius 2 is 2.12 bits per heavy atom. The summed E-state index contributed by atoms with van der Waals surface area (Å²) in [5.74, 6) is 0.932. The second kappa shape index (κ2) is 8.21. The predicted molar refractivity (Wildman–Crippen MR) is 92.9 cm³/mol. The monoisotopic (exact) mass is 351 g/mol. The third-order valence-electron chi connectivity index (χ3n) is 2.88. The number of nitrogen functional groups attached to an aromatic ring is 1. The van der Waals surface area contributed by atoms with Crippen molar-refractivity contribution < 1.29 is 14.3 Å². The van der Waals surface area contributed by atoms with E-state index in [2.05, 4.69) is 20.6 Å². The van der Waals surface area contributed by atoms with E-state index in [0.29, 0.717) is 28.8 Å². The summed E-state index contributed by atoms with van der Waals surface area (Å²) in [6.45, 7) is 2.47. The van der Waals surface area contributed by atoms with Gasteiger partial charge < -0.3 is 20.5 Å². The van der Waals surface area contributed by atoms with Crippen molar-refractivity contribution in [2.45, 2.75) is 13.3 Å². The minimum atomic E-state index is -0.548. The van der Waals surface area contributed by atoms with Crippen molar-refractivity contribution >= 4 is 34.8 Å². The van der Waals surface area contributed by atoms with Crippen molar-refractivity contribution in [2.24, 2.45) is 0 Å². The molecule has 0 aliphatic carbocycles. The highest BCUT2D eigenvalue weighted by atomic mass is 35.5. The number of methoxy groups -OCH3 is 1. The molecule has 0 unspecified atom stereocenters. The van der Waals surface area contributed by atoms with E-state index in [1.165, 1.54) is 25.6 Å². The molecular weight excluding hydrogens is 334 g/mol. The number of nitrogens with one attached hydrogen (secondary N) is 2. The van der Waals surface area contributed by atoms with Gasteiger partial charge in [-0.2, -0.15) is 4.98 Å². The second-order valence-corrected chi connectivity index (χ2v) is 5.18. The van der Waals surface area contributed by atoms with Crippen molar-refractivity contribution in [1.29, 1.82) is 0 Å². The minimum Gasteiger partial charge on any atom is -0.491 e. The van der Waals surface area contributed by atoms with E-state index in [4.69, 9.17) is 26.8 Å². The van der Waals surface area contributed by atoms with Crippen molar-refractivity contribution in [3.05, 3.63) is 29.5 Å². The molecule has 2 amide bonds. The van der Waals surface area contributed by atoms with Gasteiger partial charge in [0.25, 0.3) is 0 Å². The molecule has 0 aliphatic rings. The molecule has 0 spiro atoms. The largest absolute Gasteiger partial charge is 0.491 e. The summed E-state index contributed by atoms with van der Waals surface area (Å²) in [7, 11) is 1.46. The van der Waals surface area contributed by atoms with Crippen molar-refractivity contribution in [3.63, 3.8) is 0 Å². The Morgan fingerprint density at radius 3 is 2.83 bits per heavy atom. The molecule has 0 fully saturated rings. The molecule has 1 heterocycles. The van der Waals surface area contributed by atoms with E-state index in [-0.39, 0.29) is 11.7 Å². The number of amides is 2. The smallest absolute Gasteiger partial charge is 0.324 e. The fraction of sp³-hybridized carbons (Fsp3) is 0.267. The van der Waals surface area contributed by atoms with Crippen LogP contribution in [0.4, 0.5) is 22.0 Å². The van der Waals surface area contributed by atoms with Gasteiger partial charge in [-0.3, -0.25) is 10.3 Å². The van der Waals surface area contributed by atoms with Crippen LogP contribution in [-0.4, -0.2) is 29.7 Å². The van der Waals surface area contributed by atoms with Crippen LogP contribution in [0.1, 0.15) is 13.3 Å². The Hall–Kier alpha value is -2.74. The van der Waals surface area contributed by atoms with Gasteiger partial charge in [-0.1, -0.05) is 18.5 Å². The van der Waals surface area contributed by atoms with Gasteiger partial charge in [-0.25, -0.2) is 4.79 Å². The zero-order valence-electron chi connectivity index (χ0n) is 13.3. The van der Waals surface area contributed by atoms with Crippen LogP contribution >= 0.6 is 11.6 Å². The maximum Gasteiger partial charge on any atom is 0.324 e. The van der Waals surface area contributed by atoms with E-state index in [0.717, 1.165) is 6.42 Å². The molecule has 4 N–H and O–H groups in total. The first-order chi connectivity index (χ1) is 11.5. The summed E-state index contributed by atoms with van der Waals surface area (Å²) >= 11 is 6.04. The average molecular weight is 352 g/mol. The van der Waals surface area contributed by atoms with Crippen LogP contribution in [0, 0.1) is 0 Å². The number of urea groups is 1. The standard InChI is InChI=1S/C15H18ClN5O3/c1-3-4-24-11-6-9(16)5-10(14(11)17)19-15(22)21-12-7-18-8-13(20-12)23-2/h5-8H,3-4,17H2,1-2H3,(H2,19,20,21,22). The topological polar surface area (TPSA) is 111 Å². The zero-order chi connectivity index (χ0) is 17.5. The summed E-state index contributed by atoms with van der Waals surface area (Å²) in [6.07, 6.45) is 3.64. The van der Waals surface area contributed by atoms with Crippen molar-refractivity contribution in [1.82, 2.24) is 9.97 Å². The third-order valence-corrected chi connectivity index (χ3v) is 3.10. The summed E-state index contributed by atoms with van der Waals surface area (Å²) in [4.78, 5) is 20.0. The molecule has 24 heavy (non-hydrogen) atoms. The summed E-state index contributed by atoms with van der Waals surface area (Å²) in [5, 5.41) is 5.53. The molecule has 0 saturated heterocycles. The summed E-state index contributed by atoms with van der Waals surface area (Å²) < 4.78 is 10.5. The van der Waals surface area contributed by atoms with E-state index >= 15 is 0 Å². The summed E-state index contributed by atoms with van der Waals surface area (Å²) in [5.41, 5.74) is 6.63. The van der Waals surface area contributed by atoms with Gasteiger partial charge in [0, 0.05) is 11.1 Å². The lowest BCUT2D eigenvalue weighted by molar-refractivity contribution is 0.262. The average Bonchev–Trinajstić information content (AvgIpc) is 2.56. The van der Waals surface area contributed by atoms with E-state index in [1.54, 1.807) is 6.07 Å². The number of aromatic nitrogens is 2. The lowest BCUT2D eigenvalue weighted by Gasteiger charge is -2.14. The predicted octanol–water partition coefficient (Wildman–Crippen LogP) is 3.15. The SMILES string of the molecule is CCCOc1cc(Cl)cc(NC(=O)Nc2cncc(OC)n2)c1N. The number of hydrogen-bond acceptors (Lipinski definition) is 6. The molecule has 1 aromatic carbocycles. The van der Waals surface area contributed by atoms with Gasteiger partial charge in [-0.15, -0.1) is 0 Å². The Bertz CT molecular complexity index is 726. The quantitative estimate of drug-likeness (QED) is 0.689. The highest BCUT2D eigenvalue weighted by Gasteiger charge is 2.12. The normalized spacial score (nSPS) is 10.1. The van der Waals surface area contributed by atoms with E-state index in [1.807, 2.05) is 6.92 Å². The van der Waals surface area contributed by atoms with E-state index < -0.39 is 6.03 Å². The lowest BCUT2D eigenvalue weighted by atomic mass is 10.2. The highest BCUT2D eigenvalue weighted by molar-refractivity contribution is 6.31. The van der Waals surface area contributed by atoms with Gasteiger partial charge in [0.15, 0.2) is 5.82 Å². The number of carbonyl (C=O) groups excluding carboxylic acids is 1. The number of hydrogen-bond donors (Lipinski definition) is 3. The molecule has 0 atom stereocenters. The first kappa shape index (κ1) is 17.6. The highest BCUT2D eigenvalue weighted by Crippen LogP contribution is 2.34. The first-order valence-electron chi connectivity index (χ1n) is 7.19. The molecule has 0 aliphatic heterocycles. The summed E-state index contributed by atoms with van der Waals surface area (Å²) in [6, 6.07) is 2.59. The van der Waals surface area contributed by atoms with Crippen LogP contribution in [0.2, 0.25) is 5.02 Å². The molecule has 2 aromatic rings. The van der Waals surface area contributed by atoms with Crippen LogP contribution in [0.25, 0.3) is 0 Å². The second-order valence-electron chi connectivity index (χ2n) is 4.74. The minimum absolute atomic E-state index is 0.231. The van der Waals surface area contributed by atoms with E-state index in [9.17, 15) is 4.79 Å². The van der Waals surface area contributed by atoms with Crippen molar-refractivity contribution in [2.75, 3.05) is 30.1 Å². The number of anilines is 3. The Kier molecular flexibility index (Phi) is 6.02. The number of nitrogens with two attached hydrogens (primary N) is 1.